The molecule has 20 heavy (non-hydrogen) atoms. The van der Waals surface area contributed by atoms with Gasteiger partial charge in [0.15, 0.2) is 5.96 Å². The molecule has 0 fully saturated rings. The summed E-state index contributed by atoms with van der Waals surface area (Å²) >= 11 is 0. The van der Waals surface area contributed by atoms with Gasteiger partial charge in [0.2, 0.25) is 0 Å². The molecule has 0 spiro atoms. The molecule has 0 radical (unpaired) electrons. The first kappa shape index (κ1) is 16.3. The zero-order valence-corrected chi connectivity index (χ0v) is 13.2. The Bertz CT molecular complexity index is 412. The van der Waals surface area contributed by atoms with Gasteiger partial charge in [0, 0.05) is 13.6 Å². The molecule has 1 atom stereocenters. The summed E-state index contributed by atoms with van der Waals surface area (Å²) in [6.45, 7) is 10.1. The summed E-state index contributed by atoms with van der Waals surface area (Å²) < 4.78 is 5.69. The van der Waals surface area contributed by atoms with Crippen molar-refractivity contribution in [3.8, 4) is 5.75 Å². The predicted octanol–water partition coefficient (Wildman–Crippen LogP) is 2.97. The van der Waals surface area contributed by atoms with Gasteiger partial charge in [0.05, 0.1) is 12.6 Å². The molecule has 1 unspecified atom stereocenters. The number of nitrogens with one attached hydrogen (secondary N) is 2. The minimum Gasteiger partial charge on any atom is -0.493 e. The first-order chi connectivity index (χ1) is 9.56. The SMILES string of the molecule is CCNC(=NC)NC(C)c1ccc(OCC(C)C)cc1. The molecule has 0 aliphatic rings. The number of nitrogens with zero attached hydrogens (tertiary/aromatic N) is 1. The van der Waals surface area contributed by atoms with Crippen molar-refractivity contribution in [2.24, 2.45) is 10.9 Å². The summed E-state index contributed by atoms with van der Waals surface area (Å²) in [6.07, 6.45) is 0. The number of hydrogen-bond acceptors (Lipinski definition) is 2. The van der Waals surface area contributed by atoms with Gasteiger partial charge in [-0.1, -0.05) is 26.0 Å². The molecule has 0 bridgehead atoms. The van der Waals surface area contributed by atoms with Crippen molar-refractivity contribution in [1.82, 2.24) is 10.6 Å². The van der Waals surface area contributed by atoms with E-state index < -0.39 is 0 Å². The maximum Gasteiger partial charge on any atom is 0.191 e. The van der Waals surface area contributed by atoms with Gasteiger partial charge in [-0.2, -0.15) is 0 Å². The van der Waals surface area contributed by atoms with Crippen LogP contribution in [0.25, 0.3) is 0 Å². The number of rotatable bonds is 6. The summed E-state index contributed by atoms with van der Waals surface area (Å²) in [5.74, 6) is 2.28. The van der Waals surface area contributed by atoms with Crippen molar-refractivity contribution in [3.05, 3.63) is 29.8 Å². The number of guanidine groups is 1. The van der Waals surface area contributed by atoms with E-state index in [2.05, 4.69) is 55.5 Å². The monoisotopic (exact) mass is 277 g/mol. The molecule has 0 heterocycles. The lowest BCUT2D eigenvalue weighted by Crippen LogP contribution is -2.38. The molecule has 1 aromatic carbocycles. The maximum atomic E-state index is 5.69. The van der Waals surface area contributed by atoms with Crippen LogP contribution in [-0.2, 0) is 0 Å². The van der Waals surface area contributed by atoms with E-state index in [1.807, 2.05) is 12.1 Å². The molecular weight excluding hydrogens is 250 g/mol. The number of benzene rings is 1. The number of aliphatic imine (C=N–C) groups is 1. The van der Waals surface area contributed by atoms with Crippen molar-refractivity contribution in [3.63, 3.8) is 0 Å². The van der Waals surface area contributed by atoms with Crippen molar-refractivity contribution < 1.29 is 4.74 Å². The second-order valence-corrected chi connectivity index (χ2v) is 5.24. The van der Waals surface area contributed by atoms with E-state index in [0.717, 1.165) is 24.9 Å². The fourth-order valence-corrected chi connectivity index (χ4v) is 1.77. The van der Waals surface area contributed by atoms with Gasteiger partial charge in [0.25, 0.3) is 0 Å². The highest BCUT2D eigenvalue weighted by Gasteiger charge is 2.07. The van der Waals surface area contributed by atoms with Crippen LogP contribution >= 0.6 is 0 Å². The van der Waals surface area contributed by atoms with E-state index in [1.54, 1.807) is 7.05 Å². The van der Waals surface area contributed by atoms with E-state index in [9.17, 15) is 0 Å². The first-order valence-electron chi connectivity index (χ1n) is 7.26. The van der Waals surface area contributed by atoms with Gasteiger partial charge in [0.1, 0.15) is 5.75 Å². The molecule has 0 saturated carbocycles. The Morgan fingerprint density at radius 3 is 2.35 bits per heavy atom. The van der Waals surface area contributed by atoms with Crippen LogP contribution < -0.4 is 15.4 Å². The largest absolute Gasteiger partial charge is 0.493 e. The lowest BCUT2D eigenvalue weighted by atomic mass is 10.1. The van der Waals surface area contributed by atoms with Gasteiger partial charge in [-0.25, -0.2) is 0 Å². The smallest absolute Gasteiger partial charge is 0.191 e. The topological polar surface area (TPSA) is 45.7 Å². The first-order valence-corrected chi connectivity index (χ1v) is 7.26. The van der Waals surface area contributed by atoms with E-state index in [-0.39, 0.29) is 6.04 Å². The van der Waals surface area contributed by atoms with Crippen LogP contribution in [0.15, 0.2) is 29.3 Å². The van der Waals surface area contributed by atoms with Crippen LogP contribution in [0.1, 0.15) is 39.3 Å². The Hall–Kier alpha value is -1.71. The summed E-state index contributed by atoms with van der Waals surface area (Å²) in [7, 11) is 1.78. The molecule has 4 heteroatoms. The van der Waals surface area contributed by atoms with Gasteiger partial charge < -0.3 is 15.4 Å². The Balaban J connectivity index is 2.58. The molecule has 2 N–H and O–H groups in total. The fourth-order valence-electron chi connectivity index (χ4n) is 1.77. The van der Waals surface area contributed by atoms with E-state index in [1.165, 1.54) is 5.56 Å². The molecule has 1 rings (SSSR count). The van der Waals surface area contributed by atoms with Gasteiger partial charge in [-0.05, 0) is 37.5 Å². The van der Waals surface area contributed by atoms with Crippen LogP contribution in [0.4, 0.5) is 0 Å². The van der Waals surface area contributed by atoms with Gasteiger partial charge in [-0.3, -0.25) is 4.99 Å². The Labute approximate surface area is 122 Å². The van der Waals surface area contributed by atoms with Crippen molar-refractivity contribution in [2.75, 3.05) is 20.2 Å². The second kappa shape index (κ2) is 8.46. The van der Waals surface area contributed by atoms with Crippen LogP contribution in [-0.4, -0.2) is 26.2 Å². The zero-order chi connectivity index (χ0) is 15.0. The predicted molar refractivity (Wildman–Crippen MR) is 85.4 cm³/mol. The molecule has 0 aromatic heterocycles. The minimum atomic E-state index is 0.201. The molecular formula is C16H27N3O. The highest BCUT2D eigenvalue weighted by molar-refractivity contribution is 5.80. The zero-order valence-electron chi connectivity index (χ0n) is 13.2. The Morgan fingerprint density at radius 2 is 1.85 bits per heavy atom. The molecule has 112 valence electrons. The Kier molecular flexibility index (Phi) is 6.91. The summed E-state index contributed by atoms with van der Waals surface area (Å²) in [5.41, 5.74) is 1.21. The highest BCUT2D eigenvalue weighted by Crippen LogP contribution is 2.18. The third kappa shape index (κ3) is 5.51. The highest BCUT2D eigenvalue weighted by atomic mass is 16.5. The average molecular weight is 277 g/mol. The van der Waals surface area contributed by atoms with Crippen LogP contribution in [0.2, 0.25) is 0 Å². The van der Waals surface area contributed by atoms with Crippen molar-refractivity contribution in [2.45, 2.75) is 33.7 Å². The lowest BCUT2D eigenvalue weighted by molar-refractivity contribution is 0.271. The number of ether oxygens (including phenoxy) is 1. The summed E-state index contributed by atoms with van der Waals surface area (Å²) in [5, 5.41) is 6.54. The van der Waals surface area contributed by atoms with E-state index in [0.29, 0.717) is 5.92 Å². The summed E-state index contributed by atoms with van der Waals surface area (Å²) in [4.78, 5) is 4.18. The fraction of sp³-hybridized carbons (Fsp3) is 0.562. The van der Waals surface area contributed by atoms with Crippen LogP contribution in [0, 0.1) is 5.92 Å². The quantitative estimate of drug-likeness (QED) is 0.621. The summed E-state index contributed by atoms with van der Waals surface area (Å²) in [6, 6.07) is 8.42. The van der Waals surface area contributed by atoms with Gasteiger partial charge >= 0.3 is 0 Å². The molecule has 0 aliphatic carbocycles. The average Bonchev–Trinajstić information content (AvgIpc) is 2.45. The molecule has 1 aromatic rings. The molecule has 0 amide bonds. The van der Waals surface area contributed by atoms with E-state index in [4.69, 9.17) is 4.74 Å². The van der Waals surface area contributed by atoms with Crippen LogP contribution in [0.5, 0.6) is 5.75 Å². The number of hydrogen-bond donors (Lipinski definition) is 2. The maximum absolute atomic E-state index is 5.69. The Morgan fingerprint density at radius 1 is 1.20 bits per heavy atom. The van der Waals surface area contributed by atoms with Crippen molar-refractivity contribution in [1.29, 1.82) is 0 Å². The third-order valence-electron chi connectivity index (χ3n) is 2.88. The molecule has 0 aliphatic heterocycles. The second-order valence-electron chi connectivity index (χ2n) is 5.24. The standard InChI is InChI=1S/C16H27N3O/c1-6-18-16(17-5)19-13(4)14-7-9-15(10-8-14)20-11-12(2)3/h7-10,12-13H,6,11H2,1-5H3,(H2,17,18,19). The molecule has 0 saturated heterocycles. The van der Waals surface area contributed by atoms with E-state index >= 15 is 0 Å². The normalized spacial score (nSPS) is 13.2. The van der Waals surface area contributed by atoms with Gasteiger partial charge in [-0.15, -0.1) is 0 Å². The van der Waals surface area contributed by atoms with Crippen LogP contribution in [0.3, 0.4) is 0 Å². The lowest BCUT2D eigenvalue weighted by Gasteiger charge is -2.18. The van der Waals surface area contributed by atoms with Crippen molar-refractivity contribution >= 4 is 5.96 Å². The third-order valence-corrected chi connectivity index (χ3v) is 2.88. The molecule has 4 nitrogen and oxygen atoms in total. The minimum absolute atomic E-state index is 0.201.